The Hall–Kier alpha value is -3.37. The first kappa shape index (κ1) is 17.5. The molecule has 2 atom stereocenters. The summed E-state index contributed by atoms with van der Waals surface area (Å²) in [6.07, 6.45) is 3.81. The van der Waals surface area contributed by atoms with Crippen LogP contribution in [0.1, 0.15) is 39.6 Å². The standard InChI is InChI=1S/C26H22N2O2/c1-16-14-21-23(15-17(16)2)28-13-12-18-8-4-5-9-19(18)24(28)30-26(21)20-10-6-7-11-22(20)27(3)25(26)29/h4-15,24H,1-3H3. The van der Waals surface area contributed by atoms with Gasteiger partial charge in [0.1, 0.15) is 0 Å². The van der Waals surface area contributed by atoms with E-state index in [0.29, 0.717) is 0 Å². The van der Waals surface area contributed by atoms with Gasteiger partial charge in [-0.3, -0.25) is 4.79 Å². The monoisotopic (exact) mass is 394 g/mol. The molecule has 148 valence electrons. The molecule has 30 heavy (non-hydrogen) atoms. The average molecular weight is 394 g/mol. The first-order chi connectivity index (χ1) is 14.5. The summed E-state index contributed by atoms with van der Waals surface area (Å²) < 4.78 is 6.88. The van der Waals surface area contributed by atoms with E-state index in [1.807, 2.05) is 43.4 Å². The molecule has 0 fully saturated rings. The number of fused-ring (bicyclic) bond motifs is 8. The molecule has 3 aliphatic heterocycles. The lowest BCUT2D eigenvalue weighted by atomic mass is 9.81. The van der Waals surface area contributed by atoms with Crippen LogP contribution in [0.2, 0.25) is 0 Å². The second kappa shape index (κ2) is 5.83. The van der Waals surface area contributed by atoms with E-state index in [1.54, 1.807) is 4.90 Å². The number of likely N-dealkylation sites (N-methyl/N-ethyl adjacent to an activating group) is 1. The molecule has 0 saturated carbocycles. The number of anilines is 2. The molecular formula is C26H22N2O2. The van der Waals surface area contributed by atoms with Gasteiger partial charge < -0.3 is 14.5 Å². The van der Waals surface area contributed by atoms with Crippen LogP contribution in [0.5, 0.6) is 0 Å². The number of ether oxygens (including phenoxy) is 1. The van der Waals surface area contributed by atoms with Crippen molar-refractivity contribution >= 4 is 23.4 Å². The Bertz CT molecular complexity index is 1260. The van der Waals surface area contributed by atoms with E-state index < -0.39 is 5.60 Å². The summed E-state index contributed by atoms with van der Waals surface area (Å²) in [5.41, 5.74) is 7.13. The van der Waals surface area contributed by atoms with E-state index in [9.17, 15) is 4.79 Å². The van der Waals surface area contributed by atoms with E-state index in [-0.39, 0.29) is 12.1 Å². The average Bonchev–Trinajstić information content (AvgIpc) is 2.98. The lowest BCUT2D eigenvalue weighted by Gasteiger charge is -2.47. The van der Waals surface area contributed by atoms with Gasteiger partial charge >= 0.3 is 0 Å². The summed E-state index contributed by atoms with van der Waals surface area (Å²) in [5, 5.41) is 0. The zero-order valence-corrected chi connectivity index (χ0v) is 17.2. The highest BCUT2D eigenvalue weighted by Gasteiger charge is 2.58. The minimum Gasteiger partial charge on any atom is -0.328 e. The van der Waals surface area contributed by atoms with Crippen molar-refractivity contribution in [2.45, 2.75) is 25.7 Å². The van der Waals surface area contributed by atoms with E-state index in [2.05, 4.69) is 55.3 Å². The Labute approximate surface area is 176 Å². The summed E-state index contributed by atoms with van der Waals surface area (Å²) in [5.74, 6) is -0.0418. The van der Waals surface area contributed by atoms with Crippen molar-refractivity contribution in [1.29, 1.82) is 0 Å². The third-order valence-corrected chi connectivity index (χ3v) is 6.74. The van der Waals surface area contributed by atoms with Gasteiger partial charge in [0.2, 0.25) is 5.60 Å². The molecule has 0 bridgehead atoms. The number of rotatable bonds is 0. The Morgan fingerprint density at radius 2 is 1.63 bits per heavy atom. The molecule has 0 saturated heterocycles. The van der Waals surface area contributed by atoms with Crippen LogP contribution in [-0.2, 0) is 15.1 Å². The third-order valence-electron chi connectivity index (χ3n) is 6.74. The first-order valence-electron chi connectivity index (χ1n) is 10.2. The van der Waals surface area contributed by atoms with Gasteiger partial charge in [0.05, 0.1) is 11.4 Å². The Morgan fingerprint density at radius 1 is 0.900 bits per heavy atom. The van der Waals surface area contributed by atoms with E-state index in [1.165, 1.54) is 5.56 Å². The molecule has 1 spiro atoms. The van der Waals surface area contributed by atoms with Crippen LogP contribution in [0.3, 0.4) is 0 Å². The highest BCUT2D eigenvalue weighted by molar-refractivity contribution is 6.10. The lowest BCUT2D eigenvalue weighted by molar-refractivity contribution is -0.147. The molecule has 3 heterocycles. The van der Waals surface area contributed by atoms with Gasteiger partial charge in [-0.2, -0.15) is 0 Å². The fourth-order valence-electron chi connectivity index (χ4n) is 5.03. The maximum Gasteiger partial charge on any atom is 0.268 e. The van der Waals surface area contributed by atoms with Crippen LogP contribution in [0.15, 0.2) is 66.9 Å². The van der Waals surface area contributed by atoms with Crippen molar-refractivity contribution in [3.8, 4) is 0 Å². The van der Waals surface area contributed by atoms with Crippen LogP contribution in [0.4, 0.5) is 11.4 Å². The van der Waals surface area contributed by atoms with Gasteiger partial charge in [0.25, 0.3) is 5.91 Å². The van der Waals surface area contributed by atoms with E-state index >= 15 is 0 Å². The molecule has 4 nitrogen and oxygen atoms in total. The molecule has 2 unspecified atom stereocenters. The molecule has 6 rings (SSSR count). The number of carbonyl (C=O) groups is 1. The maximum absolute atomic E-state index is 13.8. The summed E-state index contributed by atoms with van der Waals surface area (Å²) in [6, 6.07) is 20.5. The van der Waals surface area contributed by atoms with Crippen molar-refractivity contribution in [2.75, 3.05) is 16.8 Å². The number of nitrogens with zero attached hydrogens (tertiary/aromatic N) is 2. The Morgan fingerprint density at radius 3 is 2.50 bits per heavy atom. The van der Waals surface area contributed by atoms with Crippen molar-refractivity contribution in [3.63, 3.8) is 0 Å². The molecule has 1 amide bonds. The third kappa shape index (κ3) is 2.01. The molecule has 0 radical (unpaired) electrons. The minimum absolute atomic E-state index is 0.0418. The van der Waals surface area contributed by atoms with Crippen molar-refractivity contribution in [1.82, 2.24) is 0 Å². The van der Waals surface area contributed by atoms with Crippen LogP contribution in [0.25, 0.3) is 6.08 Å². The van der Waals surface area contributed by atoms with Gasteiger partial charge in [-0.05, 0) is 54.8 Å². The second-order valence-electron chi connectivity index (χ2n) is 8.34. The Balaban J connectivity index is 1.70. The van der Waals surface area contributed by atoms with E-state index in [0.717, 1.165) is 39.2 Å². The van der Waals surface area contributed by atoms with Crippen LogP contribution in [-0.4, -0.2) is 13.0 Å². The van der Waals surface area contributed by atoms with Crippen LogP contribution in [0, 0.1) is 13.8 Å². The van der Waals surface area contributed by atoms with Gasteiger partial charge in [-0.15, -0.1) is 0 Å². The molecule has 0 aromatic heterocycles. The molecule has 3 aromatic rings. The second-order valence-corrected chi connectivity index (χ2v) is 8.34. The van der Waals surface area contributed by atoms with Gasteiger partial charge in [0, 0.05) is 29.9 Å². The largest absolute Gasteiger partial charge is 0.328 e. The molecule has 0 N–H and O–H groups in total. The molecule has 0 aliphatic carbocycles. The number of amides is 1. The predicted octanol–water partition coefficient (Wildman–Crippen LogP) is 5.04. The summed E-state index contributed by atoms with van der Waals surface area (Å²) in [7, 11) is 1.83. The number of carbonyl (C=O) groups excluding carboxylic acids is 1. The highest BCUT2D eigenvalue weighted by Crippen LogP contribution is 2.56. The molecule has 3 aliphatic rings. The van der Waals surface area contributed by atoms with Crippen molar-refractivity contribution < 1.29 is 9.53 Å². The number of benzene rings is 3. The highest BCUT2D eigenvalue weighted by atomic mass is 16.5. The summed E-state index contributed by atoms with van der Waals surface area (Å²) >= 11 is 0. The quantitative estimate of drug-likeness (QED) is 0.535. The van der Waals surface area contributed by atoms with E-state index in [4.69, 9.17) is 4.74 Å². The van der Waals surface area contributed by atoms with Crippen LogP contribution < -0.4 is 9.80 Å². The molecule has 3 aromatic carbocycles. The first-order valence-corrected chi connectivity index (χ1v) is 10.2. The fourth-order valence-corrected chi connectivity index (χ4v) is 5.03. The van der Waals surface area contributed by atoms with Gasteiger partial charge in [0.15, 0.2) is 6.23 Å². The summed E-state index contributed by atoms with van der Waals surface area (Å²) in [6.45, 7) is 4.21. The normalized spacial score (nSPS) is 23.3. The number of hydrogen-bond acceptors (Lipinski definition) is 3. The predicted molar refractivity (Wildman–Crippen MR) is 118 cm³/mol. The smallest absolute Gasteiger partial charge is 0.268 e. The topological polar surface area (TPSA) is 32.8 Å². The number of para-hydroxylation sites is 1. The van der Waals surface area contributed by atoms with Crippen LogP contribution >= 0.6 is 0 Å². The zero-order chi connectivity index (χ0) is 20.6. The maximum atomic E-state index is 13.8. The van der Waals surface area contributed by atoms with Crippen molar-refractivity contribution in [3.05, 3.63) is 100 Å². The molecular weight excluding hydrogens is 372 g/mol. The number of aryl methyl sites for hydroxylation is 2. The SMILES string of the molecule is Cc1cc2c(cc1C)C1(OC3c4ccccc4C=CN23)C(=O)N(C)c2ccccc21. The Kier molecular flexibility index (Phi) is 3.40. The summed E-state index contributed by atoms with van der Waals surface area (Å²) in [4.78, 5) is 17.7. The lowest BCUT2D eigenvalue weighted by Crippen LogP contribution is -2.50. The van der Waals surface area contributed by atoms with Gasteiger partial charge in [-0.25, -0.2) is 0 Å². The fraction of sp³-hybridized carbons (Fsp3) is 0.192. The van der Waals surface area contributed by atoms with Crippen molar-refractivity contribution in [2.24, 2.45) is 0 Å². The molecule has 4 heteroatoms. The van der Waals surface area contributed by atoms with Gasteiger partial charge in [-0.1, -0.05) is 42.5 Å². The minimum atomic E-state index is -1.15. The number of hydrogen-bond donors (Lipinski definition) is 0. The zero-order valence-electron chi connectivity index (χ0n) is 17.2.